The highest BCUT2D eigenvalue weighted by Crippen LogP contribution is 2.01. The van der Waals surface area contributed by atoms with Gasteiger partial charge in [0.15, 0.2) is 0 Å². The summed E-state index contributed by atoms with van der Waals surface area (Å²) >= 11 is 1.56. The number of nitrogens with one attached hydrogen (secondary N) is 1. The highest BCUT2D eigenvalue weighted by atomic mass is 32.2. The molecular weight excluding hydrogens is 238 g/mol. The molecule has 0 bridgehead atoms. The maximum Gasteiger partial charge on any atom is 0.407 e. The van der Waals surface area contributed by atoms with Crippen LogP contribution in [0, 0.1) is 0 Å². The first-order chi connectivity index (χ1) is 8.26. The Morgan fingerprint density at radius 3 is 2.76 bits per heavy atom. The molecular formula is C12H17NO3S. The first-order valence-electron chi connectivity index (χ1n) is 5.33. The number of carbonyl (C=O) groups excluding carboxylic acids is 1. The van der Waals surface area contributed by atoms with Crippen molar-refractivity contribution in [2.24, 2.45) is 0 Å². The molecule has 0 saturated heterocycles. The number of carbonyl (C=O) groups is 1. The minimum Gasteiger partial charge on any atom is -0.445 e. The van der Waals surface area contributed by atoms with Crippen LogP contribution in [0.1, 0.15) is 5.56 Å². The van der Waals surface area contributed by atoms with Gasteiger partial charge in [0.2, 0.25) is 0 Å². The summed E-state index contributed by atoms with van der Waals surface area (Å²) in [6, 6.07) is 9.21. The number of alkyl carbamates (subject to hydrolysis) is 1. The molecule has 17 heavy (non-hydrogen) atoms. The van der Waals surface area contributed by atoms with Crippen LogP contribution in [-0.4, -0.2) is 35.9 Å². The van der Waals surface area contributed by atoms with Crippen LogP contribution in [-0.2, 0) is 11.3 Å². The van der Waals surface area contributed by atoms with Crippen molar-refractivity contribution in [2.45, 2.75) is 12.6 Å². The van der Waals surface area contributed by atoms with E-state index in [2.05, 4.69) is 5.32 Å². The molecule has 1 aromatic rings. The highest BCUT2D eigenvalue weighted by molar-refractivity contribution is 7.98. The Morgan fingerprint density at radius 2 is 2.18 bits per heavy atom. The fourth-order valence-electron chi connectivity index (χ4n) is 1.27. The van der Waals surface area contributed by atoms with Gasteiger partial charge in [-0.05, 0) is 11.8 Å². The Morgan fingerprint density at radius 1 is 1.47 bits per heavy atom. The molecule has 0 aromatic heterocycles. The van der Waals surface area contributed by atoms with Crippen molar-refractivity contribution in [3.8, 4) is 0 Å². The zero-order valence-corrected chi connectivity index (χ0v) is 10.6. The van der Waals surface area contributed by atoms with Crippen LogP contribution in [0.15, 0.2) is 30.3 Å². The van der Waals surface area contributed by atoms with Gasteiger partial charge in [-0.25, -0.2) is 4.79 Å². The summed E-state index contributed by atoms with van der Waals surface area (Å²) < 4.78 is 5.04. The van der Waals surface area contributed by atoms with Crippen LogP contribution in [0.25, 0.3) is 0 Å². The summed E-state index contributed by atoms with van der Waals surface area (Å²) in [5.74, 6) is 0.664. The molecule has 94 valence electrons. The molecule has 0 aliphatic rings. The first kappa shape index (κ1) is 13.9. The number of ether oxygens (including phenoxy) is 1. The average Bonchev–Trinajstić information content (AvgIpc) is 2.37. The molecule has 0 heterocycles. The number of aliphatic hydroxyl groups excluding tert-OH is 1. The first-order valence-corrected chi connectivity index (χ1v) is 6.72. The molecule has 4 nitrogen and oxygen atoms in total. The third-order valence-electron chi connectivity index (χ3n) is 2.12. The Hall–Kier alpha value is -1.20. The minimum absolute atomic E-state index is 0.0821. The second kappa shape index (κ2) is 7.97. The van der Waals surface area contributed by atoms with Gasteiger partial charge in [-0.15, -0.1) is 0 Å². The van der Waals surface area contributed by atoms with E-state index in [1.54, 1.807) is 11.8 Å². The van der Waals surface area contributed by atoms with Crippen LogP contribution < -0.4 is 5.32 Å². The van der Waals surface area contributed by atoms with Crippen LogP contribution in [0.2, 0.25) is 0 Å². The Kier molecular flexibility index (Phi) is 6.50. The summed E-state index contributed by atoms with van der Waals surface area (Å²) in [6.45, 7) is 0.158. The van der Waals surface area contributed by atoms with Gasteiger partial charge in [0.25, 0.3) is 0 Å². The van der Waals surface area contributed by atoms with E-state index in [1.807, 2.05) is 36.6 Å². The second-order valence-electron chi connectivity index (χ2n) is 3.54. The van der Waals surface area contributed by atoms with Crippen LogP contribution in [0.5, 0.6) is 0 Å². The second-order valence-corrected chi connectivity index (χ2v) is 4.45. The molecule has 0 aliphatic carbocycles. The zero-order valence-electron chi connectivity index (χ0n) is 9.76. The molecule has 0 fully saturated rings. The zero-order chi connectivity index (χ0) is 12.5. The lowest BCUT2D eigenvalue weighted by atomic mass is 10.2. The highest BCUT2D eigenvalue weighted by Gasteiger charge is 2.11. The van der Waals surface area contributed by atoms with E-state index in [1.165, 1.54) is 0 Å². The van der Waals surface area contributed by atoms with Crippen molar-refractivity contribution in [1.29, 1.82) is 0 Å². The number of hydrogen-bond acceptors (Lipinski definition) is 4. The van der Waals surface area contributed by atoms with E-state index < -0.39 is 6.09 Å². The third-order valence-corrected chi connectivity index (χ3v) is 2.86. The number of aliphatic hydroxyl groups is 1. The molecule has 0 unspecified atom stereocenters. The molecule has 2 N–H and O–H groups in total. The molecule has 0 aliphatic heterocycles. The molecule has 0 radical (unpaired) electrons. The standard InChI is InChI=1S/C12H17NO3S/c1-17-9-11(7-14)13-12(15)16-8-10-5-3-2-4-6-10/h2-6,11,14H,7-9H2,1H3,(H,13,15)/t11-/m0/s1. The Bertz CT molecular complexity index is 332. The van der Waals surface area contributed by atoms with Crippen molar-refractivity contribution in [2.75, 3.05) is 18.6 Å². The van der Waals surface area contributed by atoms with Crippen molar-refractivity contribution >= 4 is 17.9 Å². The van der Waals surface area contributed by atoms with Gasteiger partial charge >= 0.3 is 6.09 Å². The quantitative estimate of drug-likeness (QED) is 0.811. The van der Waals surface area contributed by atoms with E-state index in [9.17, 15) is 4.79 Å². The summed E-state index contributed by atoms with van der Waals surface area (Å²) in [7, 11) is 0. The molecule has 0 saturated carbocycles. The molecule has 1 aromatic carbocycles. The lowest BCUT2D eigenvalue weighted by molar-refractivity contribution is 0.131. The molecule has 1 atom stereocenters. The Balaban J connectivity index is 2.30. The lowest BCUT2D eigenvalue weighted by Crippen LogP contribution is -2.39. The summed E-state index contributed by atoms with van der Waals surface area (Å²) in [5, 5.41) is 11.6. The van der Waals surface area contributed by atoms with Crippen molar-refractivity contribution in [1.82, 2.24) is 5.32 Å². The summed E-state index contributed by atoms with van der Waals surface area (Å²) in [6.07, 6.45) is 1.42. The molecule has 1 amide bonds. The van der Waals surface area contributed by atoms with Crippen molar-refractivity contribution < 1.29 is 14.6 Å². The maximum atomic E-state index is 11.4. The number of benzene rings is 1. The topological polar surface area (TPSA) is 58.6 Å². The van der Waals surface area contributed by atoms with Gasteiger partial charge in [0.1, 0.15) is 6.61 Å². The number of amides is 1. The van der Waals surface area contributed by atoms with E-state index in [0.717, 1.165) is 5.56 Å². The largest absolute Gasteiger partial charge is 0.445 e. The fourth-order valence-corrected chi connectivity index (χ4v) is 1.86. The van der Waals surface area contributed by atoms with Gasteiger partial charge < -0.3 is 15.2 Å². The van der Waals surface area contributed by atoms with Crippen LogP contribution >= 0.6 is 11.8 Å². The SMILES string of the molecule is CSC[C@H](CO)NC(=O)OCc1ccccc1. The monoisotopic (exact) mass is 255 g/mol. The number of hydrogen-bond donors (Lipinski definition) is 2. The smallest absolute Gasteiger partial charge is 0.407 e. The predicted molar refractivity (Wildman–Crippen MR) is 69.0 cm³/mol. The van der Waals surface area contributed by atoms with Crippen LogP contribution in [0.4, 0.5) is 4.79 Å². The molecule has 1 rings (SSSR count). The van der Waals surface area contributed by atoms with Gasteiger partial charge in [0.05, 0.1) is 12.6 Å². The average molecular weight is 255 g/mol. The summed E-state index contributed by atoms with van der Waals surface area (Å²) in [4.78, 5) is 11.4. The minimum atomic E-state index is -0.498. The number of rotatable bonds is 6. The van der Waals surface area contributed by atoms with Gasteiger partial charge in [-0.1, -0.05) is 30.3 Å². The fraction of sp³-hybridized carbons (Fsp3) is 0.417. The van der Waals surface area contributed by atoms with E-state index in [0.29, 0.717) is 5.75 Å². The van der Waals surface area contributed by atoms with Gasteiger partial charge in [-0.3, -0.25) is 0 Å². The van der Waals surface area contributed by atoms with Crippen molar-refractivity contribution in [3.05, 3.63) is 35.9 Å². The maximum absolute atomic E-state index is 11.4. The number of thioether (sulfide) groups is 1. The summed E-state index contributed by atoms with van der Waals surface area (Å²) in [5.41, 5.74) is 0.938. The van der Waals surface area contributed by atoms with E-state index in [4.69, 9.17) is 9.84 Å². The third kappa shape index (κ3) is 5.60. The van der Waals surface area contributed by atoms with Gasteiger partial charge in [0, 0.05) is 5.75 Å². The van der Waals surface area contributed by atoms with Crippen molar-refractivity contribution in [3.63, 3.8) is 0 Å². The molecule has 0 spiro atoms. The van der Waals surface area contributed by atoms with Gasteiger partial charge in [-0.2, -0.15) is 11.8 Å². The normalized spacial score (nSPS) is 11.9. The molecule has 5 heteroatoms. The Labute approximate surface area is 105 Å². The predicted octanol–water partition coefficient (Wildman–Crippen LogP) is 1.64. The van der Waals surface area contributed by atoms with E-state index >= 15 is 0 Å². The lowest BCUT2D eigenvalue weighted by Gasteiger charge is -2.14. The van der Waals surface area contributed by atoms with E-state index in [-0.39, 0.29) is 19.3 Å². The van der Waals surface area contributed by atoms with Crippen LogP contribution in [0.3, 0.4) is 0 Å².